The molecular formula is C14H23N3O. The molecule has 3 heterocycles. The highest BCUT2D eigenvalue weighted by Crippen LogP contribution is 2.22. The molecule has 1 unspecified atom stereocenters. The van der Waals surface area contributed by atoms with Gasteiger partial charge in [0.05, 0.1) is 0 Å². The van der Waals surface area contributed by atoms with E-state index in [0.717, 1.165) is 38.2 Å². The van der Waals surface area contributed by atoms with Crippen molar-refractivity contribution in [2.24, 2.45) is 0 Å². The van der Waals surface area contributed by atoms with Crippen LogP contribution in [-0.2, 0) is 4.79 Å². The van der Waals surface area contributed by atoms with Gasteiger partial charge in [0, 0.05) is 37.8 Å². The minimum atomic E-state index is 0.271. The SMILES string of the molecule is CC(C(=O)N1CCC(N2CCCC2)C1)=C1CNC1. The van der Waals surface area contributed by atoms with Crippen LogP contribution in [0.15, 0.2) is 11.1 Å². The lowest BCUT2D eigenvalue weighted by Crippen LogP contribution is -2.40. The summed E-state index contributed by atoms with van der Waals surface area (Å²) >= 11 is 0. The number of hydrogen-bond donors (Lipinski definition) is 1. The van der Waals surface area contributed by atoms with Gasteiger partial charge in [-0.05, 0) is 44.8 Å². The summed E-state index contributed by atoms with van der Waals surface area (Å²) < 4.78 is 0. The van der Waals surface area contributed by atoms with E-state index >= 15 is 0 Å². The van der Waals surface area contributed by atoms with Crippen molar-refractivity contribution in [1.29, 1.82) is 0 Å². The van der Waals surface area contributed by atoms with Crippen LogP contribution in [0, 0.1) is 0 Å². The molecule has 3 rings (SSSR count). The van der Waals surface area contributed by atoms with Crippen molar-refractivity contribution < 1.29 is 4.79 Å². The third kappa shape index (κ3) is 2.19. The van der Waals surface area contributed by atoms with E-state index in [9.17, 15) is 4.79 Å². The van der Waals surface area contributed by atoms with Gasteiger partial charge in [0.15, 0.2) is 0 Å². The predicted octanol–water partition coefficient (Wildman–Crippen LogP) is 0.603. The Hall–Kier alpha value is -0.870. The van der Waals surface area contributed by atoms with Crippen molar-refractivity contribution in [1.82, 2.24) is 15.1 Å². The monoisotopic (exact) mass is 249 g/mol. The maximum Gasteiger partial charge on any atom is 0.249 e. The molecule has 1 atom stereocenters. The van der Waals surface area contributed by atoms with E-state index in [2.05, 4.69) is 15.1 Å². The molecule has 3 fully saturated rings. The van der Waals surface area contributed by atoms with Crippen LogP contribution in [0.3, 0.4) is 0 Å². The molecule has 0 bridgehead atoms. The third-order valence-electron chi connectivity index (χ3n) is 4.64. The standard InChI is InChI=1S/C14H23N3O/c1-11(12-8-15-9-12)14(18)17-7-4-13(10-17)16-5-2-3-6-16/h13,15H,2-10H2,1H3. The summed E-state index contributed by atoms with van der Waals surface area (Å²) in [4.78, 5) is 17.0. The number of amides is 1. The number of nitrogens with zero attached hydrogens (tertiary/aromatic N) is 2. The number of carbonyl (C=O) groups excluding carboxylic acids is 1. The van der Waals surface area contributed by atoms with Gasteiger partial charge < -0.3 is 10.2 Å². The molecule has 3 aliphatic rings. The van der Waals surface area contributed by atoms with Gasteiger partial charge in [0.1, 0.15) is 0 Å². The minimum Gasteiger partial charge on any atom is -0.337 e. The fraction of sp³-hybridized carbons (Fsp3) is 0.786. The number of nitrogens with one attached hydrogen (secondary N) is 1. The van der Waals surface area contributed by atoms with Crippen molar-refractivity contribution >= 4 is 5.91 Å². The summed E-state index contributed by atoms with van der Waals surface area (Å²) in [5, 5.41) is 3.20. The summed E-state index contributed by atoms with van der Waals surface area (Å²) in [6.07, 6.45) is 3.82. The molecular weight excluding hydrogens is 226 g/mol. The molecule has 4 heteroatoms. The zero-order chi connectivity index (χ0) is 12.5. The van der Waals surface area contributed by atoms with Crippen LogP contribution in [0.5, 0.6) is 0 Å². The third-order valence-corrected chi connectivity index (χ3v) is 4.64. The van der Waals surface area contributed by atoms with Gasteiger partial charge in [-0.3, -0.25) is 9.69 Å². The Morgan fingerprint density at radius 3 is 2.56 bits per heavy atom. The fourth-order valence-corrected chi connectivity index (χ4v) is 3.23. The molecule has 3 aliphatic heterocycles. The largest absolute Gasteiger partial charge is 0.337 e. The zero-order valence-corrected chi connectivity index (χ0v) is 11.2. The second-order valence-corrected chi connectivity index (χ2v) is 5.77. The van der Waals surface area contributed by atoms with Gasteiger partial charge in [0.25, 0.3) is 0 Å². The van der Waals surface area contributed by atoms with E-state index in [-0.39, 0.29) is 5.91 Å². The maximum absolute atomic E-state index is 12.4. The van der Waals surface area contributed by atoms with Crippen LogP contribution in [-0.4, -0.2) is 61.0 Å². The Bertz CT molecular complexity index is 365. The van der Waals surface area contributed by atoms with Crippen LogP contribution < -0.4 is 5.32 Å². The normalized spacial score (nSPS) is 28.6. The van der Waals surface area contributed by atoms with E-state index < -0.39 is 0 Å². The molecule has 3 saturated heterocycles. The highest BCUT2D eigenvalue weighted by atomic mass is 16.2. The van der Waals surface area contributed by atoms with Crippen LogP contribution >= 0.6 is 0 Å². The smallest absolute Gasteiger partial charge is 0.249 e. The van der Waals surface area contributed by atoms with Gasteiger partial charge >= 0.3 is 0 Å². The van der Waals surface area contributed by atoms with E-state index in [1.165, 1.54) is 31.5 Å². The first-order valence-corrected chi connectivity index (χ1v) is 7.18. The van der Waals surface area contributed by atoms with Crippen LogP contribution in [0.1, 0.15) is 26.2 Å². The van der Waals surface area contributed by atoms with Crippen LogP contribution in [0.2, 0.25) is 0 Å². The van der Waals surface area contributed by atoms with Gasteiger partial charge in [-0.15, -0.1) is 0 Å². The van der Waals surface area contributed by atoms with Crippen molar-refractivity contribution in [2.75, 3.05) is 39.3 Å². The van der Waals surface area contributed by atoms with E-state index in [1.807, 2.05) is 6.92 Å². The van der Waals surface area contributed by atoms with E-state index in [1.54, 1.807) is 0 Å². The molecule has 1 N–H and O–H groups in total. The summed E-state index contributed by atoms with van der Waals surface area (Å²) in [5.41, 5.74) is 2.28. The van der Waals surface area contributed by atoms with Gasteiger partial charge in [0.2, 0.25) is 5.91 Å². The second-order valence-electron chi connectivity index (χ2n) is 5.77. The first kappa shape index (κ1) is 12.2. The molecule has 0 spiro atoms. The topological polar surface area (TPSA) is 35.6 Å². The first-order valence-electron chi connectivity index (χ1n) is 7.18. The Morgan fingerprint density at radius 1 is 1.22 bits per heavy atom. The molecule has 0 aromatic rings. The predicted molar refractivity (Wildman–Crippen MR) is 71.4 cm³/mol. The minimum absolute atomic E-state index is 0.271. The van der Waals surface area contributed by atoms with Crippen molar-refractivity contribution in [3.8, 4) is 0 Å². The molecule has 0 radical (unpaired) electrons. The summed E-state index contributed by atoms with van der Waals surface area (Å²) in [7, 11) is 0. The number of carbonyl (C=O) groups is 1. The molecule has 0 aromatic heterocycles. The number of rotatable bonds is 2. The maximum atomic E-state index is 12.4. The van der Waals surface area contributed by atoms with Gasteiger partial charge in [-0.25, -0.2) is 0 Å². The van der Waals surface area contributed by atoms with Crippen molar-refractivity contribution in [3.05, 3.63) is 11.1 Å². The Morgan fingerprint density at radius 2 is 1.94 bits per heavy atom. The van der Waals surface area contributed by atoms with Gasteiger partial charge in [-0.1, -0.05) is 0 Å². The molecule has 0 aliphatic carbocycles. The first-order chi connectivity index (χ1) is 8.75. The molecule has 18 heavy (non-hydrogen) atoms. The van der Waals surface area contributed by atoms with E-state index in [0.29, 0.717) is 6.04 Å². The lowest BCUT2D eigenvalue weighted by atomic mass is 10.0. The Balaban J connectivity index is 1.59. The fourth-order valence-electron chi connectivity index (χ4n) is 3.23. The molecule has 100 valence electrons. The average molecular weight is 249 g/mol. The lowest BCUT2D eigenvalue weighted by Gasteiger charge is -2.26. The van der Waals surface area contributed by atoms with Gasteiger partial charge in [-0.2, -0.15) is 0 Å². The Labute approximate surface area is 109 Å². The van der Waals surface area contributed by atoms with Crippen molar-refractivity contribution in [2.45, 2.75) is 32.2 Å². The van der Waals surface area contributed by atoms with E-state index in [4.69, 9.17) is 0 Å². The number of likely N-dealkylation sites (tertiary alicyclic amines) is 2. The van der Waals surface area contributed by atoms with Crippen molar-refractivity contribution in [3.63, 3.8) is 0 Å². The highest BCUT2D eigenvalue weighted by Gasteiger charge is 2.32. The average Bonchev–Trinajstić information content (AvgIpc) is 2.96. The van der Waals surface area contributed by atoms with Crippen LogP contribution in [0.25, 0.3) is 0 Å². The summed E-state index contributed by atoms with van der Waals surface area (Å²) in [6, 6.07) is 0.619. The molecule has 0 saturated carbocycles. The zero-order valence-electron chi connectivity index (χ0n) is 11.2. The molecule has 1 amide bonds. The number of hydrogen-bond acceptors (Lipinski definition) is 3. The lowest BCUT2D eigenvalue weighted by molar-refractivity contribution is -0.126. The molecule has 0 aromatic carbocycles. The quantitative estimate of drug-likeness (QED) is 0.728. The second kappa shape index (κ2) is 5.02. The summed E-state index contributed by atoms with van der Waals surface area (Å²) in [5.74, 6) is 0.271. The Kier molecular flexibility index (Phi) is 3.39. The molecule has 4 nitrogen and oxygen atoms in total. The summed E-state index contributed by atoms with van der Waals surface area (Å²) in [6.45, 7) is 8.14. The van der Waals surface area contributed by atoms with Crippen LogP contribution in [0.4, 0.5) is 0 Å². The highest BCUT2D eigenvalue weighted by molar-refractivity contribution is 5.94.